The highest BCUT2D eigenvalue weighted by Crippen LogP contribution is 2.25. The van der Waals surface area contributed by atoms with Gasteiger partial charge < -0.3 is 24.8 Å². The third-order valence-corrected chi connectivity index (χ3v) is 11.2. The molecule has 3 amide bonds. The Morgan fingerprint density at radius 1 is 0.980 bits per heavy atom. The van der Waals surface area contributed by atoms with E-state index in [-0.39, 0.29) is 30.4 Å². The summed E-state index contributed by atoms with van der Waals surface area (Å²) < 4.78 is 5.53. The Kier molecular flexibility index (Phi) is 14.1. The SMILES string of the molecule is CC(C)c1nc(CN(C)C(=O)N2CCN(C)C[C@H]2C(=O)C[C@@H](CC[C@H](Cc2ccccc2)NC(=O)OCc2cncs2)Cc2ccccc2)cs1. The Bertz CT molecular complexity index is 1670. The minimum absolute atomic E-state index is 0.0135. The monoisotopic (exact) mass is 730 g/mol. The van der Waals surface area contributed by atoms with Gasteiger partial charge >= 0.3 is 12.1 Å². The molecule has 2 aromatic carbocycles. The maximum absolute atomic E-state index is 14.3. The van der Waals surface area contributed by atoms with Crippen LogP contribution in [0.2, 0.25) is 0 Å². The van der Waals surface area contributed by atoms with Crippen LogP contribution in [0.15, 0.2) is 77.8 Å². The van der Waals surface area contributed by atoms with E-state index in [4.69, 9.17) is 9.72 Å². The summed E-state index contributed by atoms with van der Waals surface area (Å²) in [6.45, 7) is 6.48. The van der Waals surface area contributed by atoms with Gasteiger partial charge in [0, 0.05) is 56.6 Å². The van der Waals surface area contributed by atoms with Gasteiger partial charge in [0.1, 0.15) is 12.6 Å². The highest BCUT2D eigenvalue weighted by Gasteiger charge is 2.36. The van der Waals surface area contributed by atoms with Gasteiger partial charge in [0.15, 0.2) is 5.78 Å². The number of hydrogen-bond donors (Lipinski definition) is 1. The number of piperazine rings is 1. The van der Waals surface area contributed by atoms with Gasteiger partial charge in [-0.15, -0.1) is 22.7 Å². The van der Waals surface area contributed by atoms with E-state index in [1.54, 1.807) is 39.9 Å². The number of benzene rings is 2. The van der Waals surface area contributed by atoms with Gasteiger partial charge in [0.05, 0.1) is 27.6 Å². The minimum Gasteiger partial charge on any atom is -0.444 e. The summed E-state index contributed by atoms with van der Waals surface area (Å²) in [7, 11) is 3.79. The maximum Gasteiger partial charge on any atom is 0.407 e. The first-order valence-corrected chi connectivity index (χ1v) is 19.5. The summed E-state index contributed by atoms with van der Waals surface area (Å²) in [5, 5.41) is 6.17. The number of thiazole rings is 2. The summed E-state index contributed by atoms with van der Waals surface area (Å²) in [6.07, 6.45) is 4.30. The van der Waals surface area contributed by atoms with Crippen LogP contribution in [0.4, 0.5) is 9.59 Å². The fourth-order valence-corrected chi connectivity index (χ4v) is 7.81. The van der Waals surface area contributed by atoms with Crippen molar-refractivity contribution < 1.29 is 19.1 Å². The van der Waals surface area contributed by atoms with E-state index in [9.17, 15) is 14.4 Å². The number of carbonyl (C=O) groups is 3. The molecule has 10 nitrogen and oxygen atoms in total. The molecule has 51 heavy (non-hydrogen) atoms. The van der Waals surface area contributed by atoms with Crippen molar-refractivity contribution in [3.8, 4) is 0 Å². The van der Waals surface area contributed by atoms with Crippen LogP contribution in [0.5, 0.6) is 0 Å². The molecule has 0 spiro atoms. The van der Waals surface area contributed by atoms with Crippen molar-refractivity contribution in [1.82, 2.24) is 30.0 Å². The number of carbonyl (C=O) groups excluding carboxylic acids is 3. The van der Waals surface area contributed by atoms with Crippen LogP contribution in [0, 0.1) is 5.92 Å². The number of Topliss-reactive ketones (excluding diaryl/α,β-unsaturated/α-hetero) is 1. The molecule has 5 rings (SSSR count). The van der Waals surface area contributed by atoms with Gasteiger partial charge in [-0.3, -0.25) is 9.78 Å². The zero-order chi connectivity index (χ0) is 36.2. The van der Waals surface area contributed by atoms with Crippen molar-refractivity contribution in [2.75, 3.05) is 33.7 Å². The number of likely N-dealkylation sites (N-methyl/N-ethyl adjacent to an activating group) is 1. The summed E-state index contributed by atoms with van der Waals surface area (Å²) in [6, 6.07) is 19.4. The number of rotatable bonds is 16. The average Bonchev–Trinajstić information content (AvgIpc) is 3.83. The predicted octanol–water partition coefficient (Wildman–Crippen LogP) is 7.03. The zero-order valence-corrected chi connectivity index (χ0v) is 31.7. The molecule has 1 fully saturated rings. The van der Waals surface area contributed by atoms with Crippen LogP contribution in [0.25, 0.3) is 0 Å². The molecule has 0 saturated carbocycles. The van der Waals surface area contributed by atoms with E-state index in [2.05, 4.69) is 53.3 Å². The number of alkyl carbamates (subject to hydrolysis) is 1. The molecule has 0 aliphatic carbocycles. The number of aromatic nitrogens is 2. The zero-order valence-electron chi connectivity index (χ0n) is 30.1. The van der Waals surface area contributed by atoms with E-state index in [0.717, 1.165) is 33.1 Å². The number of hydrogen-bond acceptors (Lipinski definition) is 9. The fraction of sp³-hybridized carbons (Fsp3) is 0.462. The molecule has 0 unspecified atom stereocenters. The highest BCUT2D eigenvalue weighted by molar-refractivity contribution is 7.09. The molecule has 1 N–H and O–H groups in total. The summed E-state index contributed by atoms with van der Waals surface area (Å²) >= 11 is 3.06. The lowest BCUT2D eigenvalue weighted by Gasteiger charge is -2.41. The van der Waals surface area contributed by atoms with E-state index < -0.39 is 12.1 Å². The van der Waals surface area contributed by atoms with Gasteiger partial charge in [-0.2, -0.15) is 0 Å². The van der Waals surface area contributed by atoms with Gasteiger partial charge in [-0.1, -0.05) is 74.5 Å². The van der Waals surface area contributed by atoms with Crippen LogP contribution in [-0.2, 0) is 35.5 Å². The number of urea groups is 1. The van der Waals surface area contributed by atoms with Crippen LogP contribution in [-0.4, -0.2) is 88.4 Å². The molecule has 3 heterocycles. The standard InChI is InChI=1S/C39H50N6O4S2/c1-28(2)37-41-33(26-50-37)23-44(4)39(48)45-18-17-43(3)24-35(45)36(46)21-31(19-29-11-7-5-8-12-29)15-16-32(20-30-13-9-6-10-14-30)42-38(47)49-25-34-22-40-27-51-34/h5-14,22,26-28,31-32,35H,15-21,23-25H2,1-4H3,(H,42,47)/t31-,32+,35-/m0/s1. The Morgan fingerprint density at radius 2 is 1.69 bits per heavy atom. The smallest absolute Gasteiger partial charge is 0.407 e. The highest BCUT2D eigenvalue weighted by atomic mass is 32.1. The maximum atomic E-state index is 14.3. The number of ketones is 1. The number of nitrogens with one attached hydrogen (secondary N) is 1. The fourth-order valence-electron chi connectivity index (χ4n) is 6.48. The third kappa shape index (κ3) is 11.7. The summed E-state index contributed by atoms with van der Waals surface area (Å²) in [5.74, 6) is 0.414. The predicted molar refractivity (Wildman–Crippen MR) is 203 cm³/mol. The van der Waals surface area contributed by atoms with Crippen molar-refractivity contribution in [3.63, 3.8) is 0 Å². The van der Waals surface area contributed by atoms with Gasteiger partial charge in [0.2, 0.25) is 0 Å². The molecular weight excluding hydrogens is 681 g/mol. The molecule has 1 aliphatic rings. The number of amides is 3. The van der Waals surface area contributed by atoms with E-state index >= 15 is 0 Å². The molecule has 3 atom stereocenters. The van der Waals surface area contributed by atoms with Gasteiger partial charge in [-0.05, 0) is 49.8 Å². The molecule has 1 aliphatic heterocycles. The molecule has 0 radical (unpaired) electrons. The third-order valence-electron chi connectivity index (χ3n) is 9.25. The molecular formula is C39H50N6O4S2. The first kappa shape index (κ1) is 38.1. The van der Waals surface area contributed by atoms with E-state index in [1.165, 1.54) is 11.3 Å². The minimum atomic E-state index is -0.543. The molecule has 272 valence electrons. The first-order chi connectivity index (χ1) is 24.6. The van der Waals surface area contributed by atoms with Crippen LogP contribution >= 0.6 is 22.7 Å². The van der Waals surface area contributed by atoms with Crippen LogP contribution < -0.4 is 5.32 Å². The molecule has 1 saturated heterocycles. The quantitative estimate of drug-likeness (QED) is 0.132. The lowest BCUT2D eigenvalue weighted by atomic mass is 9.86. The second-order valence-electron chi connectivity index (χ2n) is 13.8. The van der Waals surface area contributed by atoms with Crippen LogP contribution in [0.1, 0.15) is 65.7 Å². The van der Waals surface area contributed by atoms with Crippen molar-refractivity contribution in [2.45, 2.75) is 77.1 Å². The second kappa shape index (κ2) is 18.9. The van der Waals surface area contributed by atoms with E-state index in [0.29, 0.717) is 57.8 Å². The van der Waals surface area contributed by atoms with E-state index in [1.807, 2.05) is 48.8 Å². The summed E-state index contributed by atoms with van der Waals surface area (Å²) in [5.41, 5.74) is 4.85. The average molecular weight is 731 g/mol. The Morgan fingerprint density at radius 3 is 2.33 bits per heavy atom. The molecule has 12 heteroatoms. The normalized spacial score (nSPS) is 16.1. The lowest BCUT2D eigenvalue weighted by molar-refractivity contribution is -0.126. The van der Waals surface area contributed by atoms with Crippen molar-refractivity contribution >= 4 is 40.6 Å². The van der Waals surface area contributed by atoms with Crippen molar-refractivity contribution in [2.24, 2.45) is 5.92 Å². The van der Waals surface area contributed by atoms with Crippen molar-refractivity contribution in [1.29, 1.82) is 0 Å². The largest absolute Gasteiger partial charge is 0.444 e. The molecule has 2 aromatic heterocycles. The topological polar surface area (TPSA) is 108 Å². The Balaban J connectivity index is 1.28. The number of ether oxygens (including phenoxy) is 1. The Labute approximate surface area is 309 Å². The van der Waals surface area contributed by atoms with Gasteiger partial charge in [0.25, 0.3) is 0 Å². The van der Waals surface area contributed by atoms with Crippen molar-refractivity contribution in [3.05, 3.63) is 104 Å². The molecule has 0 bridgehead atoms. The second-order valence-corrected chi connectivity index (χ2v) is 15.7. The summed E-state index contributed by atoms with van der Waals surface area (Å²) in [4.78, 5) is 56.3. The molecule has 4 aromatic rings. The lowest BCUT2D eigenvalue weighted by Crippen LogP contribution is -2.59. The van der Waals surface area contributed by atoms with Gasteiger partial charge in [-0.25, -0.2) is 14.6 Å². The van der Waals surface area contributed by atoms with Crippen LogP contribution in [0.3, 0.4) is 0 Å². The first-order valence-electron chi connectivity index (χ1n) is 17.7. The Hall–Kier alpha value is -4.13. The number of nitrogens with zero attached hydrogens (tertiary/aromatic N) is 5.